The molecule has 152 valence electrons. The first-order valence-electron chi connectivity index (χ1n) is 9.67. The third-order valence-corrected chi connectivity index (χ3v) is 6.40. The number of hydrogen-bond donors (Lipinski definition) is 1. The highest BCUT2D eigenvalue weighted by atomic mass is 35.5. The molecule has 0 bridgehead atoms. The number of halogens is 1. The van der Waals surface area contributed by atoms with Crippen molar-refractivity contribution < 1.29 is 9.53 Å². The molecule has 1 fully saturated rings. The minimum Gasteiger partial charge on any atom is -0.478 e. The van der Waals surface area contributed by atoms with E-state index in [0.717, 1.165) is 31.2 Å². The molecule has 0 aliphatic carbocycles. The minimum atomic E-state index is -1.03. The van der Waals surface area contributed by atoms with E-state index in [9.17, 15) is 4.79 Å². The summed E-state index contributed by atoms with van der Waals surface area (Å²) >= 11 is 7.45. The fraction of sp³-hybridized carbons (Fsp3) is 0.524. The first-order valence-corrected chi connectivity index (χ1v) is 10.9. The summed E-state index contributed by atoms with van der Waals surface area (Å²) in [6.07, 6.45) is 2.50. The third-order valence-electron chi connectivity index (χ3n) is 5.09. The van der Waals surface area contributed by atoms with Crippen molar-refractivity contribution in [3.05, 3.63) is 39.9 Å². The Bertz CT molecular complexity index is 812. The molecule has 1 aliphatic rings. The van der Waals surface area contributed by atoms with E-state index in [2.05, 4.69) is 22.1 Å². The van der Waals surface area contributed by atoms with Gasteiger partial charge in [-0.15, -0.1) is 11.3 Å². The molecule has 0 atom stereocenters. The van der Waals surface area contributed by atoms with E-state index in [4.69, 9.17) is 16.3 Å². The van der Waals surface area contributed by atoms with Crippen molar-refractivity contribution in [1.82, 2.24) is 9.88 Å². The van der Waals surface area contributed by atoms with Crippen LogP contribution in [0.5, 0.6) is 5.75 Å². The molecular weight excluding hydrogens is 394 g/mol. The number of hydrogen-bond acceptors (Lipinski definition) is 5. The maximum Gasteiger partial charge on any atom is 0.269 e. The summed E-state index contributed by atoms with van der Waals surface area (Å²) < 4.78 is 5.86. The average molecular weight is 422 g/mol. The number of benzene rings is 1. The summed E-state index contributed by atoms with van der Waals surface area (Å²) in [4.78, 5) is 21.0. The summed E-state index contributed by atoms with van der Waals surface area (Å²) in [5.41, 5.74) is -0.0494. The molecule has 1 aromatic heterocycles. The molecule has 5 nitrogen and oxygen atoms in total. The summed E-state index contributed by atoms with van der Waals surface area (Å²) in [5.74, 6) is 1.19. The molecule has 0 spiro atoms. The van der Waals surface area contributed by atoms with E-state index >= 15 is 0 Å². The largest absolute Gasteiger partial charge is 0.478 e. The van der Waals surface area contributed by atoms with Gasteiger partial charge in [0.15, 0.2) is 10.7 Å². The summed E-state index contributed by atoms with van der Waals surface area (Å²) in [6.45, 7) is 11.0. The van der Waals surface area contributed by atoms with E-state index in [1.165, 1.54) is 17.7 Å². The number of likely N-dealkylation sites (tertiary alicyclic amines) is 1. The molecule has 28 heavy (non-hydrogen) atoms. The molecule has 1 aliphatic heterocycles. The summed E-state index contributed by atoms with van der Waals surface area (Å²) in [5, 5.41) is 4.17. The number of amides is 1. The standard InChI is InChI=1S/C21H28ClN3O2S/c1-14-9-11-25(12-10-14)13-18-15(2)23-20(28-18)24-19(26)21(3,4)27-17-7-5-16(22)6-8-17/h5-8,14H,9-13H2,1-4H3,(H,23,24,26). The van der Waals surface area contributed by atoms with Crippen LogP contribution in [0.1, 0.15) is 44.2 Å². The van der Waals surface area contributed by atoms with Crippen molar-refractivity contribution in [2.45, 2.75) is 52.7 Å². The van der Waals surface area contributed by atoms with Gasteiger partial charge in [0.2, 0.25) is 0 Å². The number of nitrogens with one attached hydrogen (secondary N) is 1. The van der Waals surface area contributed by atoms with Crippen molar-refractivity contribution in [1.29, 1.82) is 0 Å². The fourth-order valence-electron chi connectivity index (χ4n) is 3.14. The van der Waals surface area contributed by atoms with Crippen LogP contribution in [0, 0.1) is 12.8 Å². The SMILES string of the molecule is Cc1nc(NC(=O)C(C)(C)Oc2ccc(Cl)cc2)sc1CN1CCC(C)CC1. The lowest BCUT2D eigenvalue weighted by Gasteiger charge is -2.29. The number of ether oxygens (including phenoxy) is 1. The van der Waals surface area contributed by atoms with Crippen LogP contribution in [0.2, 0.25) is 5.02 Å². The Kier molecular flexibility index (Phi) is 6.63. The normalized spacial score (nSPS) is 16.2. The Balaban J connectivity index is 1.61. The van der Waals surface area contributed by atoms with Gasteiger partial charge in [0, 0.05) is 16.4 Å². The number of thiazole rings is 1. The van der Waals surface area contributed by atoms with E-state index < -0.39 is 5.60 Å². The van der Waals surface area contributed by atoms with E-state index in [-0.39, 0.29) is 5.91 Å². The molecule has 1 aromatic carbocycles. The van der Waals surface area contributed by atoms with Crippen molar-refractivity contribution in [2.24, 2.45) is 5.92 Å². The Morgan fingerprint density at radius 3 is 2.61 bits per heavy atom. The van der Waals surface area contributed by atoms with Crippen LogP contribution < -0.4 is 10.1 Å². The van der Waals surface area contributed by atoms with Crippen LogP contribution >= 0.6 is 22.9 Å². The molecule has 1 N–H and O–H groups in total. The van der Waals surface area contributed by atoms with Crippen molar-refractivity contribution >= 4 is 34.0 Å². The molecule has 7 heteroatoms. The number of rotatable bonds is 6. The Labute approximate surface area is 176 Å². The van der Waals surface area contributed by atoms with Crippen LogP contribution in [-0.4, -0.2) is 34.5 Å². The van der Waals surface area contributed by atoms with Gasteiger partial charge in [-0.25, -0.2) is 4.98 Å². The van der Waals surface area contributed by atoms with Gasteiger partial charge in [-0.3, -0.25) is 15.0 Å². The highest BCUT2D eigenvalue weighted by Gasteiger charge is 2.31. The van der Waals surface area contributed by atoms with Gasteiger partial charge in [0.25, 0.3) is 5.91 Å². The van der Waals surface area contributed by atoms with Crippen molar-refractivity contribution in [2.75, 3.05) is 18.4 Å². The van der Waals surface area contributed by atoms with Gasteiger partial charge in [0.05, 0.1) is 5.69 Å². The molecule has 0 saturated carbocycles. The lowest BCUT2D eigenvalue weighted by atomic mass is 9.99. The Morgan fingerprint density at radius 1 is 1.32 bits per heavy atom. The smallest absolute Gasteiger partial charge is 0.269 e. The van der Waals surface area contributed by atoms with Crippen LogP contribution in [-0.2, 0) is 11.3 Å². The Morgan fingerprint density at radius 2 is 1.96 bits per heavy atom. The maximum atomic E-state index is 12.7. The minimum absolute atomic E-state index is 0.227. The predicted molar refractivity (Wildman–Crippen MR) is 115 cm³/mol. The molecule has 2 heterocycles. The zero-order chi connectivity index (χ0) is 20.3. The second kappa shape index (κ2) is 8.80. The highest BCUT2D eigenvalue weighted by molar-refractivity contribution is 7.15. The van der Waals surface area contributed by atoms with Gasteiger partial charge in [0.1, 0.15) is 5.75 Å². The lowest BCUT2D eigenvalue weighted by molar-refractivity contribution is -0.128. The zero-order valence-corrected chi connectivity index (χ0v) is 18.5. The predicted octanol–water partition coefficient (Wildman–Crippen LogP) is 5.13. The van der Waals surface area contributed by atoms with E-state index in [1.807, 2.05) is 6.92 Å². The number of aryl methyl sites for hydroxylation is 1. The first-order chi connectivity index (χ1) is 13.2. The van der Waals surface area contributed by atoms with E-state index in [0.29, 0.717) is 15.9 Å². The quantitative estimate of drug-likeness (QED) is 0.702. The average Bonchev–Trinajstić information content (AvgIpc) is 2.98. The summed E-state index contributed by atoms with van der Waals surface area (Å²) in [6, 6.07) is 6.98. The van der Waals surface area contributed by atoms with Crippen LogP contribution in [0.4, 0.5) is 5.13 Å². The number of carbonyl (C=O) groups excluding carboxylic acids is 1. The Hall–Kier alpha value is -1.63. The number of nitrogens with zero attached hydrogens (tertiary/aromatic N) is 2. The van der Waals surface area contributed by atoms with Gasteiger partial charge in [-0.1, -0.05) is 18.5 Å². The first kappa shape index (κ1) is 21.1. The molecule has 3 rings (SSSR count). The molecule has 2 aromatic rings. The zero-order valence-electron chi connectivity index (χ0n) is 16.9. The fourth-order valence-corrected chi connectivity index (χ4v) is 4.27. The van der Waals surface area contributed by atoms with E-state index in [1.54, 1.807) is 49.4 Å². The van der Waals surface area contributed by atoms with Crippen LogP contribution in [0.3, 0.4) is 0 Å². The monoisotopic (exact) mass is 421 g/mol. The topological polar surface area (TPSA) is 54.5 Å². The third kappa shape index (κ3) is 5.46. The summed E-state index contributed by atoms with van der Waals surface area (Å²) in [7, 11) is 0. The van der Waals surface area contributed by atoms with Gasteiger partial charge in [-0.2, -0.15) is 0 Å². The molecule has 0 unspecified atom stereocenters. The lowest BCUT2D eigenvalue weighted by Crippen LogP contribution is -2.42. The molecular formula is C21H28ClN3O2S. The van der Waals surface area contributed by atoms with Crippen molar-refractivity contribution in [3.8, 4) is 5.75 Å². The van der Waals surface area contributed by atoms with Crippen molar-refractivity contribution in [3.63, 3.8) is 0 Å². The number of piperidine rings is 1. The van der Waals surface area contributed by atoms with Gasteiger partial charge < -0.3 is 4.74 Å². The number of aromatic nitrogens is 1. The highest BCUT2D eigenvalue weighted by Crippen LogP contribution is 2.28. The maximum absolute atomic E-state index is 12.7. The second-order valence-electron chi connectivity index (χ2n) is 8.01. The van der Waals surface area contributed by atoms with Gasteiger partial charge in [-0.05, 0) is 76.9 Å². The molecule has 1 amide bonds. The van der Waals surface area contributed by atoms with Gasteiger partial charge >= 0.3 is 0 Å². The molecule has 1 saturated heterocycles. The molecule has 0 radical (unpaired) electrons. The second-order valence-corrected chi connectivity index (χ2v) is 9.53. The van der Waals surface area contributed by atoms with Crippen LogP contribution in [0.15, 0.2) is 24.3 Å². The number of anilines is 1. The van der Waals surface area contributed by atoms with Crippen LogP contribution in [0.25, 0.3) is 0 Å². The number of carbonyl (C=O) groups is 1.